The van der Waals surface area contributed by atoms with Gasteiger partial charge in [0.1, 0.15) is 6.33 Å². The Hall–Kier alpha value is -1.69. The van der Waals surface area contributed by atoms with Crippen molar-refractivity contribution in [2.45, 2.75) is 13.5 Å². The first-order valence-electron chi connectivity index (χ1n) is 4.36. The van der Waals surface area contributed by atoms with Crippen molar-refractivity contribution in [3.05, 3.63) is 24.3 Å². The molecule has 1 aromatic rings. The largest absolute Gasteiger partial charge is 0.356 e. The van der Waals surface area contributed by atoms with E-state index in [4.69, 9.17) is 5.84 Å². The Labute approximate surface area is 82.6 Å². The molecule has 0 unspecified atom stereocenters. The van der Waals surface area contributed by atoms with E-state index in [1.54, 1.807) is 6.20 Å². The van der Waals surface area contributed by atoms with Gasteiger partial charge in [-0.3, -0.25) is 5.43 Å². The van der Waals surface area contributed by atoms with E-state index >= 15 is 0 Å². The zero-order chi connectivity index (χ0) is 10.2. The average Bonchev–Trinajstić information content (AvgIpc) is 2.25. The monoisotopic (exact) mass is 194 g/mol. The molecule has 0 amide bonds. The van der Waals surface area contributed by atoms with Crippen molar-refractivity contribution >= 4 is 5.96 Å². The maximum Gasteiger partial charge on any atom is 0.206 e. The summed E-state index contributed by atoms with van der Waals surface area (Å²) in [6, 6.07) is 1.81. The molecule has 0 aromatic carbocycles. The van der Waals surface area contributed by atoms with E-state index in [0.29, 0.717) is 12.5 Å². The van der Waals surface area contributed by atoms with Crippen LogP contribution in [0.2, 0.25) is 0 Å². The Morgan fingerprint density at radius 2 is 2.50 bits per heavy atom. The van der Waals surface area contributed by atoms with E-state index < -0.39 is 0 Å². The van der Waals surface area contributed by atoms with E-state index in [0.717, 1.165) is 12.2 Å². The van der Waals surface area contributed by atoms with Crippen LogP contribution < -0.4 is 16.6 Å². The van der Waals surface area contributed by atoms with Crippen LogP contribution in [0.5, 0.6) is 0 Å². The fourth-order valence-electron chi connectivity index (χ4n) is 0.892. The minimum Gasteiger partial charge on any atom is -0.356 e. The van der Waals surface area contributed by atoms with Gasteiger partial charge < -0.3 is 5.32 Å². The molecule has 0 aliphatic rings. The third-order valence-corrected chi connectivity index (χ3v) is 1.52. The van der Waals surface area contributed by atoms with Gasteiger partial charge in [-0.05, 0) is 13.0 Å². The maximum absolute atomic E-state index is 5.25. The van der Waals surface area contributed by atoms with Crippen LogP contribution in [0.3, 0.4) is 0 Å². The normalized spacial score (nSPS) is 11.1. The van der Waals surface area contributed by atoms with Crippen LogP contribution in [0.25, 0.3) is 0 Å². The van der Waals surface area contributed by atoms with Crippen molar-refractivity contribution < 1.29 is 0 Å². The zero-order valence-electron chi connectivity index (χ0n) is 8.07. The Morgan fingerprint density at radius 1 is 1.64 bits per heavy atom. The quantitative estimate of drug-likeness (QED) is 0.259. The molecule has 6 heteroatoms. The molecule has 0 saturated carbocycles. The third kappa shape index (κ3) is 3.36. The molecule has 0 saturated heterocycles. The van der Waals surface area contributed by atoms with Crippen LogP contribution in [0, 0.1) is 0 Å². The number of rotatable bonds is 3. The van der Waals surface area contributed by atoms with Crippen molar-refractivity contribution in [2.24, 2.45) is 10.8 Å². The molecule has 14 heavy (non-hydrogen) atoms. The molecule has 4 N–H and O–H groups in total. The van der Waals surface area contributed by atoms with Crippen molar-refractivity contribution in [1.29, 1.82) is 0 Å². The molecule has 0 radical (unpaired) electrons. The van der Waals surface area contributed by atoms with Gasteiger partial charge in [0.05, 0.1) is 12.2 Å². The molecule has 6 nitrogen and oxygen atoms in total. The minimum absolute atomic E-state index is 0.481. The summed E-state index contributed by atoms with van der Waals surface area (Å²) in [5, 5.41) is 2.97. The highest BCUT2D eigenvalue weighted by atomic mass is 15.3. The van der Waals surface area contributed by atoms with Crippen LogP contribution >= 0.6 is 0 Å². The standard InChI is InChI=1S/C8H14N6/c1-2-11-8(14-9)12-5-7-3-4-10-6-13-7/h3-4,6H,2,5,9H2,1H3,(H2,11,12,14). The molecule has 0 aliphatic carbocycles. The summed E-state index contributed by atoms with van der Waals surface area (Å²) in [6.07, 6.45) is 3.17. The second kappa shape index (κ2) is 5.87. The second-order valence-electron chi connectivity index (χ2n) is 2.54. The van der Waals surface area contributed by atoms with Gasteiger partial charge in [0.25, 0.3) is 0 Å². The lowest BCUT2D eigenvalue weighted by Gasteiger charge is -2.05. The topological polar surface area (TPSA) is 88.2 Å². The SMILES string of the molecule is CCNC(=NCc1ccncn1)NN. The molecule has 1 heterocycles. The van der Waals surface area contributed by atoms with Crippen molar-refractivity contribution in [2.75, 3.05) is 6.54 Å². The van der Waals surface area contributed by atoms with Crippen LogP contribution in [0.4, 0.5) is 0 Å². The predicted octanol–water partition coefficient (Wildman–Crippen LogP) is -0.595. The summed E-state index contributed by atoms with van der Waals surface area (Å²) < 4.78 is 0. The number of nitrogens with two attached hydrogens (primary N) is 1. The van der Waals surface area contributed by atoms with E-state index in [9.17, 15) is 0 Å². The van der Waals surface area contributed by atoms with Gasteiger partial charge in [-0.1, -0.05) is 0 Å². The minimum atomic E-state index is 0.481. The molecule has 1 aromatic heterocycles. The first kappa shape index (κ1) is 10.4. The number of hydrogen-bond donors (Lipinski definition) is 3. The number of aromatic nitrogens is 2. The van der Waals surface area contributed by atoms with Gasteiger partial charge in [-0.15, -0.1) is 0 Å². The Balaban J connectivity index is 2.52. The number of hydrazine groups is 1. The predicted molar refractivity (Wildman–Crippen MR) is 54.2 cm³/mol. The summed E-state index contributed by atoms with van der Waals surface area (Å²) in [7, 11) is 0. The molecule has 0 bridgehead atoms. The maximum atomic E-state index is 5.25. The number of nitrogens with one attached hydrogen (secondary N) is 2. The first-order valence-corrected chi connectivity index (χ1v) is 4.36. The van der Waals surface area contributed by atoms with E-state index in [2.05, 4.69) is 25.7 Å². The number of nitrogens with zero attached hydrogens (tertiary/aromatic N) is 3. The summed E-state index contributed by atoms with van der Waals surface area (Å²) in [4.78, 5) is 12.0. The molecule has 0 fully saturated rings. The van der Waals surface area contributed by atoms with Crippen LogP contribution in [0.1, 0.15) is 12.6 Å². The van der Waals surface area contributed by atoms with E-state index in [1.165, 1.54) is 6.33 Å². The third-order valence-electron chi connectivity index (χ3n) is 1.52. The van der Waals surface area contributed by atoms with Gasteiger partial charge in [-0.25, -0.2) is 20.8 Å². The van der Waals surface area contributed by atoms with Crippen LogP contribution in [0.15, 0.2) is 23.6 Å². The van der Waals surface area contributed by atoms with E-state index in [1.807, 2.05) is 13.0 Å². The molecule has 0 atom stereocenters. The summed E-state index contributed by atoms with van der Waals surface area (Å²) in [6.45, 7) is 3.22. The van der Waals surface area contributed by atoms with E-state index in [-0.39, 0.29) is 0 Å². The fourth-order valence-corrected chi connectivity index (χ4v) is 0.892. The first-order chi connectivity index (χ1) is 6.86. The Kier molecular flexibility index (Phi) is 4.36. The van der Waals surface area contributed by atoms with Gasteiger partial charge in [0, 0.05) is 12.7 Å². The zero-order valence-corrected chi connectivity index (χ0v) is 8.07. The van der Waals surface area contributed by atoms with Gasteiger partial charge in [0.2, 0.25) is 5.96 Å². The lowest BCUT2D eigenvalue weighted by Crippen LogP contribution is -2.41. The molecule has 0 spiro atoms. The lowest BCUT2D eigenvalue weighted by molar-refractivity contribution is 0.843. The summed E-state index contributed by atoms with van der Waals surface area (Å²) in [5.74, 6) is 5.81. The Bertz CT molecular complexity index is 283. The number of guanidine groups is 1. The molecule has 76 valence electrons. The molecule has 0 aliphatic heterocycles. The fraction of sp³-hybridized carbons (Fsp3) is 0.375. The Morgan fingerprint density at radius 3 is 3.07 bits per heavy atom. The van der Waals surface area contributed by atoms with Gasteiger partial charge >= 0.3 is 0 Å². The van der Waals surface area contributed by atoms with Crippen molar-refractivity contribution in [1.82, 2.24) is 20.7 Å². The molecular weight excluding hydrogens is 180 g/mol. The average molecular weight is 194 g/mol. The van der Waals surface area contributed by atoms with Gasteiger partial charge in [0.15, 0.2) is 0 Å². The highest BCUT2D eigenvalue weighted by Gasteiger charge is 1.94. The van der Waals surface area contributed by atoms with Gasteiger partial charge in [-0.2, -0.15) is 0 Å². The van der Waals surface area contributed by atoms with Crippen LogP contribution in [-0.4, -0.2) is 22.5 Å². The highest BCUT2D eigenvalue weighted by Crippen LogP contribution is 1.92. The smallest absolute Gasteiger partial charge is 0.206 e. The number of hydrogen-bond acceptors (Lipinski definition) is 4. The summed E-state index contributed by atoms with van der Waals surface area (Å²) >= 11 is 0. The number of aliphatic imine (C=N–C) groups is 1. The lowest BCUT2D eigenvalue weighted by atomic mass is 10.4. The highest BCUT2D eigenvalue weighted by molar-refractivity contribution is 5.78. The van der Waals surface area contributed by atoms with Crippen molar-refractivity contribution in [3.63, 3.8) is 0 Å². The second-order valence-corrected chi connectivity index (χ2v) is 2.54. The van der Waals surface area contributed by atoms with Crippen molar-refractivity contribution in [3.8, 4) is 0 Å². The van der Waals surface area contributed by atoms with Crippen LogP contribution in [-0.2, 0) is 6.54 Å². The summed E-state index contributed by atoms with van der Waals surface area (Å²) in [5.41, 5.74) is 3.32. The molecular formula is C8H14N6. The molecule has 1 rings (SSSR count).